The highest BCUT2D eigenvalue weighted by molar-refractivity contribution is 7.09. The quantitative estimate of drug-likeness (QED) is 0.653. The zero-order valence-corrected chi connectivity index (χ0v) is 14.6. The highest BCUT2D eigenvalue weighted by atomic mass is 35.5. The van der Waals surface area contributed by atoms with Gasteiger partial charge in [0.2, 0.25) is 0 Å². The molecule has 3 nitrogen and oxygen atoms in total. The molecule has 0 aliphatic rings. The molecular formula is C18H20ClN3S. The molecular weight excluding hydrogens is 326 g/mol. The van der Waals surface area contributed by atoms with E-state index in [0.717, 1.165) is 40.7 Å². The van der Waals surface area contributed by atoms with E-state index < -0.39 is 0 Å². The molecule has 2 N–H and O–H groups in total. The number of benzene rings is 2. The third-order valence-electron chi connectivity index (χ3n) is 3.32. The van der Waals surface area contributed by atoms with Gasteiger partial charge in [-0.15, -0.1) is 23.7 Å². The smallest absolute Gasteiger partial charge is 0.107 e. The number of hydrogen-bond donors (Lipinski definition) is 2. The predicted octanol–water partition coefficient (Wildman–Crippen LogP) is 5.09. The third kappa shape index (κ3) is 4.79. The number of para-hydroxylation sites is 1. The standard InChI is InChI=1S/C18H19N3S.ClH/c1-2-19-12-18-21-17(13-22-18)14-8-10-16(11-9-14)20-15-6-4-3-5-7-15;/h3-11,13,19-20H,2,12H2,1H3;1H. The number of halogens is 1. The van der Waals surface area contributed by atoms with Crippen LogP contribution in [0.15, 0.2) is 60.0 Å². The lowest BCUT2D eigenvalue weighted by atomic mass is 10.1. The maximum atomic E-state index is 4.67. The average Bonchev–Trinajstić information content (AvgIpc) is 3.03. The van der Waals surface area contributed by atoms with Gasteiger partial charge < -0.3 is 10.6 Å². The Bertz CT molecular complexity index is 711. The number of nitrogens with one attached hydrogen (secondary N) is 2. The molecule has 0 atom stereocenters. The van der Waals surface area contributed by atoms with Crippen LogP contribution in [0.5, 0.6) is 0 Å². The van der Waals surface area contributed by atoms with Crippen molar-refractivity contribution in [3.63, 3.8) is 0 Å². The summed E-state index contributed by atoms with van der Waals surface area (Å²) in [7, 11) is 0. The molecule has 0 unspecified atom stereocenters. The molecule has 0 aliphatic carbocycles. The predicted molar refractivity (Wildman–Crippen MR) is 102 cm³/mol. The average molecular weight is 346 g/mol. The maximum absolute atomic E-state index is 4.67. The van der Waals surface area contributed by atoms with Crippen LogP contribution in [-0.4, -0.2) is 11.5 Å². The Morgan fingerprint density at radius 1 is 0.957 bits per heavy atom. The first-order chi connectivity index (χ1) is 10.8. The van der Waals surface area contributed by atoms with Gasteiger partial charge in [0.15, 0.2) is 0 Å². The molecule has 5 heteroatoms. The summed E-state index contributed by atoms with van der Waals surface area (Å²) in [4.78, 5) is 4.67. The van der Waals surface area contributed by atoms with Gasteiger partial charge in [0.05, 0.1) is 5.69 Å². The molecule has 0 saturated heterocycles. The number of thiazole rings is 1. The first kappa shape index (κ1) is 17.5. The van der Waals surface area contributed by atoms with E-state index in [0.29, 0.717) is 0 Å². The van der Waals surface area contributed by atoms with E-state index in [1.807, 2.05) is 18.2 Å². The van der Waals surface area contributed by atoms with Crippen LogP contribution in [0.2, 0.25) is 0 Å². The van der Waals surface area contributed by atoms with Gasteiger partial charge in [-0.3, -0.25) is 0 Å². The largest absolute Gasteiger partial charge is 0.356 e. The van der Waals surface area contributed by atoms with Gasteiger partial charge in [0.25, 0.3) is 0 Å². The summed E-state index contributed by atoms with van der Waals surface area (Å²) >= 11 is 1.70. The van der Waals surface area contributed by atoms with Crippen LogP contribution in [0, 0.1) is 0 Å². The topological polar surface area (TPSA) is 37.0 Å². The van der Waals surface area contributed by atoms with Crippen molar-refractivity contribution in [2.75, 3.05) is 11.9 Å². The molecule has 3 aromatic rings. The van der Waals surface area contributed by atoms with E-state index in [2.05, 4.69) is 64.3 Å². The van der Waals surface area contributed by atoms with Crippen LogP contribution in [-0.2, 0) is 6.54 Å². The van der Waals surface area contributed by atoms with Crippen LogP contribution in [0.3, 0.4) is 0 Å². The Balaban J connectivity index is 0.00000192. The van der Waals surface area contributed by atoms with Crippen LogP contribution >= 0.6 is 23.7 Å². The first-order valence-electron chi connectivity index (χ1n) is 7.43. The van der Waals surface area contributed by atoms with Crippen molar-refractivity contribution in [3.8, 4) is 11.3 Å². The monoisotopic (exact) mass is 345 g/mol. The Morgan fingerprint density at radius 3 is 2.35 bits per heavy atom. The Labute approximate surface area is 147 Å². The Kier molecular flexibility index (Phi) is 6.59. The molecule has 2 aromatic carbocycles. The van der Waals surface area contributed by atoms with E-state index in [-0.39, 0.29) is 12.4 Å². The van der Waals surface area contributed by atoms with Crippen molar-refractivity contribution < 1.29 is 0 Å². The lowest BCUT2D eigenvalue weighted by Crippen LogP contribution is -2.11. The molecule has 120 valence electrons. The minimum Gasteiger partial charge on any atom is -0.356 e. The molecule has 0 radical (unpaired) electrons. The van der Waals surface area contributed by atoms with Crippen molar-refractivity contribution in [2.24, 2.45) is 0 Å². The summed E-state index contributed by atoms with van der Waals surface area (Å²) in [5.41, 5.74) is 4.37. The van der Waals surface area contributed by atoms with Gasteiger partial charge in [-0.05, 0) is 30.8 Å². The molecule has 0 bridgehead atoms. The zero-order chi connectivity index (χ0) is 15.2. The van der Waals surface area contributed by atoms with E-state index in [9.17, 15) is 0 Å². The fraction of sp³-hybridized carbons (Fsp3) is 0.167. The van der Waals surface area contributed by atoms with Crippen LogP contribution in [0.4, 0.5) is 11.4 Å². The molecule has 1 aromatic heterocycles. The van der Waals surface area contributed by atoms with E-state index in [1.165, 1.54) is 0 Å². The molecule has 0 fully saturated rings. The normalized spacial score (nSPS) is 10.1. The fourth-order valence-corrected chi connectivity index (χ4v) is 2.94. The van der Waals surface area contributed by atoms with Crippen molar-refractivity contribution in [2.45, 2.75) is 13.5 Å². The number of hydrogen-bond acceptors (Lipinski definition) is 4. The van der Waals surface area contributed by atoms with Crippen LogP contribution < -0.4 is 10.6 Å². The highest BCUT2D eigenvalue weighted by Crippen LogP contribution is 2.24. The van der Waals surface area contributed by atoms with Gasteiger partial charge in [-0.1, -0.05) is 37.3 Å². The summed E-state index contributed by atoms with van der Waals surface area (Å²) in [6.45, 7) is 3.91. The van der Waals surface area contributed by atoms with Crippen molar-refractivity contribution in [1.82, 2.24) is 10.3 Å². The van der Waals surface area contributed by atoms with Gasteiger partial charge in [-0.2, -0.15) is 0 Å². The summed E-state index contributed by atoms with van der Waals surface area (Å²) < 4.78 is 0. The van der Waals surface area contributed by atoms with Crippen molar-refractivity contribution in [1.29, 1.82) is 0 Å². The lowest BCUT2D eigenvalue weighted by molar-refractivity contribution is 0.723. The molecule has 23 heavy (non-hydrogen) atoms. The summed E-state index contributed by atoms with van der Waals surface area (Å²) in [5, 5.41) is 9.94. The number of aromatic nitrogens is 1. The van der Waals surface area contributed by atoms with Gasteiger partial charge in [-0.25, -0.2) is 4.98 Å². The minimum atomic E-state index is 0. The van der Waals surface area contributed by atoms with Crippen LogP contribution in [0.1, 0.15) is 11.9 Å². The second-order valence-corrected chi connectivity index (χ2v) is 5.92. The Morgan fingerprint density at radius 2 is 1.65 bits per heavy atom. The first-order valence-corrected chi connectivity index (χ1v) is 8.31. The van der Waals surface area contributed by atoms with Crippen molar-refractivity contribution >= 4 is 35.1 Å². The van der Waals surface area contributed by atoms with Crippen molar-refractivity contribution in [3.05, 3.63) is 65.0 Å². The molecule has 3 rings (SSSR count). The zero-order valence-electron chi connectivity index (χ0n) is 13.0. The van der Waals surface area contributed by atoms with E-state index >= 15 is 0 Å². The van der Waals surface area contributed by atoms with Gasteiger partial charge in [0.1, 0.15) is 5.01 Å². The molecule has 0 spiro atoms. The summed E-state index contributed by atoms with van der Waals surface area (Å²) in [6, 6.07) is 18.6. The third-order valence-corrected chi connectivity index (χ3v) is 4.17. The summed E-state index contributed by atoms with van der Waals surface area (Å²) in [5.74, 6) is 0. The van der Waals surface area contributed by atoms with Crippen LogP contribution in [0.25, 0.3) is 11.3 Å². The maximum Gasteiger partial charge on any atom is 0.107 e. The minimum absolute atomic E-state index is 0. The van der Waals surface area contributed by atoms with Gasteiger partial charge in [0, 0.05) is 28.9 Å². The highest BCUT2D eigenvalue weighted by Gasteiger charge is 2.04. The van der Waals surface area contributed by atoms with E-state index in [4.69, 9.17) is 0 Å². The fourth-order valence-electron chi connectivity index (χ4n) is 2.17. The SMILES string of the molecule is CCNCc1nc(-c2ccc(Nc3ccccc3)cc2)cs1.Cl. The van der Waals surface area contributed by atoms with Gasteiger partial charge >= 0.3 is 0 Å². The molecule has 0 amide bonds. The number of nitrogens with zero attached hydrogens (tertiary/aromatic N) is 1. The summed E-state index contributed by atoms with van der Waals surface area (Å²) in [6.07, 6.45) is 0. The number of anilines is 2. The second kappa shape index (κ2) is 8.67. The Hall–Kier alpha value is -1.88. The number of rotatable bonds is 6. The lowest BCUT2D eigenvalue weighted by Gasteiger charge is -2.06. The molecule has 1 heterocycles. The second-order valence-electron chi connectivity index (χ2n) is 4.98. The van der Waals surface area contributed by atoms with E-state index in [1.54, 1.807) is 11.3 Å². The molecule has 0 aliphatic heterocycles. The molecule has 0 saturated carbocycles.